The monoisotopic (exact) mass is 351 g/mol. The first-order chi connectivity index (χ1) is 9.63. The van der Waals surface area contributed by atoms with Crippen molar-refractivity contribution in [1.29, 1.82) is 0 Å². The highest BCUT2D eigenvalue weighted by molar-refractivity contribution is 9.10. The zero-order chi connectivity index (χ0) is 14.1. The Hall–Kier alpha value is -1.26. The van der Waals surface area contributed by atoms with Crippen LogP contribution in [0.2, 0.25) is 5.02 Å². The van der Waals surface area contributed by atoms with Gasteiger partial charge in [-0.2, -0.15) is 0 Å². The smallest absolute Gasteiger partial charge is 0.140 e. The Bertz CT molecular complexity index is 645. The van der Waals surface area contributed by atoms with Crippen LogP contribution in [-0.4, -0.2) is 4.98 Å². The molecule has 104 valence electrons. The topological polar surface area (TPSA) is 50.9 Å². The molecule has 1 atom stereocenters. The molecule has 0 saturated carbocycles. The second kappa shape index (κ2) is 5.62. The number of nitrogens with one attached hydrogen (secondary N) is 1. The number of aryl methyl sites for hydroxylation is 1. The van der Waals surface area contributed by atoms with E-state index in [0.717, 1.165) is 35.2 Å². The average molecular weight is 353 g/mol. The summed E-state index contributed by atoms with van der Waals surface area (Å²) in [6, 6.07) is 8.27. The Kier molecular flexibility index (Phi) is 3.85. The molecule has 1 unspecified atom stereocenters. The molecule has 1 heterocycles. The van der Waals surface area contributed by atoms with Crippen molar-refractivity contribution in [2.45, 2.75) is 25.3 Å². The Morgan fingerprint density at radius 2 is 2.20 bits per heavy atom. The van der Waals surface area contributed by atoms with Crippen LogP contribution in [0.15, 0.2) is 34.9 Å². The third kappa shape index (κ3) is 2.76. The van der Waals surface area contributed by atoms with Gasteiger partial charge in [0.05, 0.1) is 15.5 Å². The zero-order valence-corrected chi connectivity index (χ0v) is 13.2. The third-order valence-electron chi connectivity index (χ3n) is 3.60. The lowest BCUT2D eigenvalue weighted by Gasteiger charge is -2.27. The first-order valence-corrected chi connectivity index (χ1v) is 7.76. The molecule has 3 rings (SSSR count). The van der Waals surface area contributed by atoms with E-state index in [-0.39, 0.29) is 6.04 Å². The van der Waals surface area contributed by atoms with E-state index in [1.165, 1.54) is 11.1 Å². The van der Waals surface area contributed by atoms with Crippen molar-refractivity contribution >= 4 is 39.0 Å². The first-order valence-electron chi connectivity index (χ1n) is 6.59. The number of nitrogen functional groups attached to an aromatic ring is 1. The summed E-state index contributed by atoms with van der Waals surface area (Å²) >= 11 is 9.42. The van der Waals surface area contributed by atoms with Crippen molar-refractivity contribution in [3.8, 4) is 0 Å². The van der Waals surface area contributed by atoms with Gasteiger partial charge >= 0.3 is 0 Å². The third-order valence-corrected chi connectivity index (χ3v) is 4.41. The Balaban J connectivity index is 1.89. The standard InChI is InChI=1S/C15H15BrClN3/c16-13-7-10(17)8-19-15(13)20-14-3-1-2-9-6-11(18)4-5-12(9)14/h4-8,14H,1-3,18H2,(H,19,20). The number of fused-ring (bicyclic) bond motifs is 1. The van der Waals surface area contributed by atoms with E-state index in [0.29, 0.717) is 5.02 Å². The molecule has 0 bridgehead atoms. The van der Waals surface area contributed by atoms with Gasteiger partial charge in [0, 0.05) is 11.9 Å². The minimum Gasteiger partial charge on any atom is -0.399 e. The number of benzene rings is 1. The SMILES string of the molecule is Nc1ccc2c(c1)CCCC2Nc1ncc(Cl)cc1Br. The van der Waals surface area contributed by atoms with Crippen molar-refractivity contribution in [3.63, 3.8) is 0 Å². The summed E-state index contributed by atoms with van der Waals surface area (Å²) < 4.78 is 0.882. The molecule has 3 N–H and O–H groups in total. The molecule has 2 aromatic rings. The second-order valence-corrected chi connectivity index (χ2v) is 6.32. The molecule has 1 aromatic heterocycles. The molecule has 0 aliphatic heterocycles. The van der Waals surface area contributed by atoms with Crippen LogP contribution in [-0.2, 0) is 6.42 Å². The maximum atomic E-state index is 5.92. The number of nitrogens with two attached hydrogens (primary N) is 1. The van der Waals surface area contributed by atoms with Crippen LogP contribution in [0.1, 0.15) is 30.0 Å². The fourth-order valence-electron chi connectivity index (χ4n) is 2.67. The highest BCUT2D eigenvalue weighted by Crippen LogP contribution is 2.35. The number of halogens is 2. The van der Waals surface area contributed by atoms with Crippen molar-refractivity contribution in [1.82, 2.24) is 4.98 Å². The van der Waals surface area contributed by atoms with E-state index in [4.69, 9.17) is 17.3 Å². The molecule has 20 heavy (non-hydrogen) atoms. The second-order valence-electron chi connectivity index (χ2n) is 5.03. The Labute approximate surface area is 131 Å². The first kappa shape index (κ1) is 13.7. The molecule has 0 amide bonds. The minimum atomic E-state index is 0.268. The maximum absolute atomic E-state index is 5.92. The number of rotatable bonds is 2. The van der Waals surface area contributed by atoms with Gasteiger partial charge in [-0.1, -0.05) is 17.7 Å². The predicted molar refractivity (Wildman–Crippen MR) is 87.1 cm³/mol. The molecule has 1 aromatic carbocycles. The fraction of sp³-hybridized carbons (Fsp3) is 0.267. The number of hydrogen-bond acceptors (Lipinski definition) is 3. The quantitative estimate of drug-likeness (QED) is 0.778. The lowest BCUT2D eigenvalue weighted by atomic mass is 9.87. The number of nitrogens with zero attached hydrogens (tertiary/aromatic N) is 1. The van der Waals surface area contributed by atoms with Crippen molar-refractivity contribution in [2.24, 2.45) is 0 Å². The fourth-order valence-corrected chi connectivity index (χ4v) is 3.42. The summed E-state index contributed by atoms with van der Waals surface area (Å²) in [6.07, 6.45) is 4.99. The average Bonchev–Trinajstić information content (AvgIpc) is 2.41. The maximum Gasteiger partial charge on any atom is 0.140 e. The molecule has 0 fully saturated rings. The summed E-state index contributed by atoms with van der Waals surface area (Å²) in [7, 11) is 0. The summed E-state index contributed by atoms with van der Waals surface area (Å²) in [4.78, 5) is 4.35. The normalized spacial score (nSPS) is 17.6. The molecule has 3 nitrogen and oxygen atoms in total. The molecule has 1 aliphatic carbocycles. The van der Waals surface area contributed by atoms with Gasteiger partial charge in [0.2, 0.25) is 0 Å². The summed E-state index contributed by atoms with van der Waals surface area (Å²) in [5, 5.41) is 4.12. The van der Waals surface area contributed by atoms with Gasteiger partial charge in [-0.15, -0.1) is 0 Å². The van der Waals surface area contributed by atoms with Crippen LogP contribution in [0.3, 0.4) is 0 Å². The number of pyridine rings is 1. The molecule has 0 radical (unpaired) electrons. The van der Waals surface area contributed by atoms with Crippen molar-refractivity contribution < 1.29 is 0 Å². The van der Waals surface area contributed by atoms with Gasteiger partial charge in [0.1, 0.15) is 5.82 Å². The molecule has 0 spiro atoms. The number of aromatic nitrogens is 1. The van der Waals surface area contributed by atoms with Crippen molar-refractivity contribution in [3.05, 3.63) is 51.1 Å². The van der Waals surface area contributed by atoms with Crippen LogP contribution in [0, 0.1) is 0 Å². The van der Waals surface area contributed by atoms with E-state index in [1.807, 2.05) is 12.1 Å². The molecular weight excluding hydrogens is 338 g/mol. The van der Waals surface area contributed by atoms with Crippen LogP contribution < -0.4 is 11.1 Å². The number of anilines is 2. The summed E-state index contributed by atoms with van der Waals surface area (Å²) in [5.74, 6) is 0.823. The van der Waals surface area contributed by atoms with Gasteiger partial charge < -0.3 is 11.1 Å². The highest BCUT2D eigenvalue weighted by atomic mass is 79.9. The lowest BCUT2D eigenvalue weighted by molar-refractivity contribution is 0.598. The number of hydrogen-bond donors (Lipinski definition) is 2. The largest absolute Gasteiger partial charge is 0.399 e. The summed E-state index contributed by atoms with van der Waals surface area (Å²) in [6.45, 7) is 0. The zero-order valence-electron chi connectivity index (χ0n) is 10.9. The molecular formula is C15H15BrClN3. The predicted octanol–water partition coefficient (Wildman–Crippen LogP) is 4.57. The van der Waals surface area contributed by atoms with Gasteiger partial charge in [-0.3, -0.25) is 0 Å². The van der Waals surface area contributed by atoms with Crippen molar-refractivity contribution in [2.75, 3.05) is 11.1 Å². The van der Waals surface area contributed by atoms with Crippen LogP contribution in [0.25, 0.3) is 0 Å². The summed E-state index contributed by atoms with van der Waals surface area (Å²) in [5.41, 5.74) is 9.34. The Morgan fingerprint density at radius 3 is 3.00 bits per heavy atom. The highest BCUT2D eigenvalue weighted by Gasteiger charge is 2.21. The van der Waals surface area contributed by atoms with E-state index in [9.17, 15) is 0 Å². The van der Waals surface area contributed by atoms with E-state index in [2.05, 4.69) is 38.4 Å². The van der Waals surface area contributed by atoms with Crippen LogP contribution >= 0.6 is 27.5 Å². The minimum absolute atomic E-state index is 0.268. The molecule has 5 heteroatoms. The van der Waals surface area contributed by atoms with Gasteiger partial charge in [0.15, 0.2) is 0 Å². The van der Waals surface area contributed by atoms with Crippen LogP contribution in [0.5, 0.6) is 0 Å². The molecule has 1 aliphatic rings. The van der Waals surface area contributed by atoms with Gasteiger partial charge in [-0.05, 0) is 64.5 Å². The van der Waals surface area contributed by atoms with Gasteiger partial charge in [0.25, 0.3) is 0 Å². The van der Waals surface area contributed by atoms with E-state index in [1.54, 1.807) is 6.20 Å². The van der Waals surface area contributed by atoms with Crippen LogP contribution in [0.4, 0.5) is 11.5 Å². The lowest BCUT2D eigenvalue weighted by Crippen LogP contribution is -2.18. The Morgan fingerprint density at radius 1 is 1.35 bits per heavy atom. The van der Waals surface area contributed by atoms with Gasteiger partial charge in [-0.25, -0.2) is 4.98 Å². The van der Waals surface area contributed by atoms with E-state index >= 15 is 0 Å². The molecule has 0 saturated heterocycles. The van der Waals surface area contributed by atoms with E-state index < -0.39 is 0 Å².